The minimum atomic E-state index is -0.860. The summed E-state index contributed by atoms with van der Waals surface area (Å²) in [5.41, 5.74) is -0.915. The number of carbonyl (C=O) groups excluding carboxylic acids is 3. The first-order valence-electron chi connectivity index (χ1n) is 36.1. The third-order valence-corrected chi connectivity index (χ3v) is 13.6. The van der Waals surface area contributed by atoms with E-state index in [1.807, 2.05) is 41.5 Å². The number of rotatable bonds is 63. The first-order valence-corrected chi connectivity index (χ1v) is 37.2. The van der Waals surface area contributed by atoms with Crippen molar-refractivity contribution in [3.05, 3.63) is 0 Å². The molecule has 3 aliphatic rings. The van der Waals surface area contributed by atoms with Crippen LogP contribution in [0.3, 0.4) is 0 Å². The Morgan fingerprint density at radius 3 is 0.755 bits per heavy atom. The first kappa shape index (κ1) is 109. The maximum Gasteiger partial charge on any atom is 1.00 e. The normalized spacial score (nSPS) is 14.0. The fourth-order valence-corrected chi connectivity index (χ4v) is 8.70. The number of nitrogens with zero attached hydrogens (tertiary/aromatic N) is 2. The summed E-state index contributed by atoms with van der Waals surface area (Å²) in [5.74, 6) is -1.37. The number of carboxylic acid groups (broad SMARTS) is 1. The van der Waals surface area contributed by atoms with Crippen LogP contribution in [0.15, 0.2) is 0 Å². The number of esters is 2. The Labute approximate surface area is 706 Å². The van der Waals surface area contributed by atoms with Crippen LogP contribution in [-0.2, 0) is 119 Å². The van der Waals surface area contributed by atoms with Gasteiger partial charge in [0, 0.05) is 18.4 Å². The minimum absolute atomic E-state index is 0. The van der Waals surface area contributed by atoms with E-state index >= 15 is 0 Å². The molecule has 0 aliphatic carbocycles. The molecule has 0 atom stereocenters. The molecule has 33 heteroatoms. The predicted molar refractivity (Wildman–Crippen MR) is 377 cm³/mol. The number of alkyl halides is 1. The molecule has 2 N–H and O–H groups in total. The van der Waals surface area contributed by atoms with E-state index in [9.17, 15) is 14.4 Å². The van der Waals surface area contributed by atoms with Crippen LogP contribution in [0.2, 0.25) is 0 Å². The van der Waals surface area contributed by atoms with Gasteiger partial charge in [0.2, 0.25) is 0 Å². The second-order valence-electron chi connectivity index (χ2n) is 24.3. The number of nitrogens with one attached hydrogen (secondary N) is 1. The molecule has 3 rings (SSSR count). The molecule has 0 amide bonds. The number of ether oxygens (including phenoxy) is 20. The van der Waals surface area contributed by atoms with Gasteiger partial charge in [-0.2, -0.15) is 0 Å². The maximum atomic E-state index is 11.5. The fraction of sp³-hybridized carbons (Fsp3) is 0.942. The molecule has 0 bridgehead atoms. The summed E-state index contributed by atoms with van der Waals surface area (Å²) in [5, 5.41) is 21.0. The quantitative estimate of drug-likeness (QED) is 0.0139. The fourth-order valence-electron chi connectivity index (χ4n) is 8.47. The first-order chi connectivity index (χ1) is 48.6. The molecule has 0 unspecified atom stereocenters. The van der Waals surface area contributed by atoms with E-state index < -0.39 is 17.2 Å². The van der Waals surface area contributed by atoms with Crippen LogP contribution in [0.1, 0.15) is 120 Å². The van der Waals surface area contributed by atoms with E-state index in [4.69, 9.17) is 110 Å². The summed E-state index contributed by atoms with van der Waals surface area (Å²) in [6, 6.07) is 0. The SMILES string of the molecule is C1CCNCC1.CC(C)(C)OC(=O)CCOCCOCCOCCOCCOCCOCCBr.CC(C)(C)OC(=O)CCOCCOCCOCCOCCOCCOCCN1CCCCC1.O=C(O)CCOCCOCCOCCOCCOCCOCCN1CCCCC1.O=CO[O-].[H-].[K+].[K+]. The second-order valence-corrected chi connectivity index (χ2v) is 25.1. The van der Waals surface area contributed by atoms with Gasteiger partial charge < -0.3 is 127 Å². The van der Waals surface area contributed by atoms with Crippen LogP contribution in [0.5, 0.6) is 0 Å². The number of hydrogen-bond donors (Lipinski definition) is 2. The van der Waals surface area contributed by atoms with Crippen LogP contribution < -0.4 is 113 Å². The van der Waals surface area contributed by atoms with Crippen molar-refractivity contribution >= 4 is 40.3 Å². The largest absolute Gasteiger partial charge is 1.00 e. The standard InChI is InChI=1S/C24H47NO8.C20H39NO8.C19H37BrO8.C5H11N.CH2O3.2K.H/c1-24(2,3)33-23(26)7-11-27-13-15-29-17-19-31-21-22-32-20-18-30-16-14-28-12-10-25-8-5-4-6-9-25;22-20(23)4-8-24-10-12-26-14-16-28-18-19-29-17-15-27-13-11-25-9-7-21-5-2-1-3-6-21;1-19(2,3)28-18(21)4-6-22-8-10-24-12-14-26-16-17-27-15-13-25-11-9-23-7-5-20;1-2-4-6-5-3-1;2-1-4-3;;;/h4-22H2,1-3H3;1-19H2,(H,22,23);4-17H2,1-3H3;6H,1-5H2;1,3H;;;/q;;;;;2*+1;-1/p-1. The Morgan fingerprint density at radius 1 is 0.363 bits per heavy atom. The molecular formula is C69H136BrK2N3O27. The van der Waals surface area contributed by atoms with Crippen molar-refractivity contribution in [3.8, 4) is 0 Å². The van der Waals surface area contributed by atoms with Crippen molar-refractivity contribution in [3.63, 3.8) is 0 Å². The van der Waals surface area contributed by atoms with Crippen LogP contribution in [0.25, 0.3) is 0 Å². The predicted octanol–water partition coefficient (Wildman–Crippen LogP) is -1.12. The Bertz CT molecular complexity index is 1700. The molecule has 3 aliphatic heterocycles. The van der Waals surface area contributed by atoms with Gasteiger partial charge in [0.1, 0.15) is 11.2 Å². The minimum Gasteiger partial charge on any atom is -1.00 e. The van der Waals surface area contributed by atoms with Crippen molar-refractivity contribution in [1.29, 1.82) is 0 Å². The Hall–Kier alpha value is 0.753. The number of piperidine rings is 3. The molecule has 0 radical (unpaired) electrons. The number of hydrogen-bond acceptors (Lipinski definition) is 29. The molecule has 3 fully saturated rings. The Morgan fingerprint density at radius 2 is 0.569 bits per heavy atom. The van der Waals surface area contributed by atoms with Crippen molar-refractivity contribution in [2.75, 3.05) is 296 Å². The molecule has 0 aromatic heterocycles. The van der Waals surface area contributed by atoms with E-state index in [0.717, 1.165) is 31.6 Å². The third-order valence-electron chi connectivity index (χ3n) is 13.3. The molecule has 102 heavy (non-hydrogen) atoms. The van der Waals surface area contributed by atoms with E-state index in [1.54, 1.807) is 0 Å². The van der Waals surface area contributed by atoms with Gasteiger partial charge in [-0.05, 0) is 119 Å². The second kappa shape index (κ2) is 89.0. The summed E-state index contributed by atoms with van der Waals surface area (Å²) in [6.45, 7) is 39.0. The summed E-state index contributed by atoms with van der Waals surface area (Å²) in [6.07, 6.45) is 12.7. The van der Waals surface area contributed by atoms with Gasteiger partial charge >= 0.3 is 121 Å². The summed E-state index contributed by atoms with van der Waals surface area (Å²) < 4.78 is 108. The summed E-state index contributed by atoms with van der Waals surface area (Å²) in [7, 11) is 0. The molecule has 598 valence electrons. The zero-order chi connectivity index (χ0) is 73.5. The molecule has 0 spiro atoms. The number of carbonyl (C=O) groups is 4. The van der Waals surface area contributed by atoms with Crippen LogP contribution in [-0.4, -0.2) is 346 Å². The van der Waals surface area contributed by atoms with Crippen molar-refractivity contribution in [2.45, 2.75) is 130 Å². The summed E-state index contributed by atoms with van der Waals surface area (Å²) in [4.78, 5) is 49.4. The molecule has 3 heterocycles. The Kier molecular flexibility index (Phi) is 95.1. The zero-order valence-corrected chi connectivity index (χ0v) is 72.0. The maximum absolute atomic E-state index is 11.5. The Balaban J connectivity index is -0.000000430. The van der Waals surface area contributed by atoms with Crippen molar-refractivity contribution in [1.82, 2.24) is 15.1 Å². The average molecular weight is 1600 g/mol. The van der Waals surface area contributed by atoms with Crippen molar-refractivity contribution < 1.29 is 233 Å². The molecule has 0 saturated carbocycles. The molecular weight excluding hydrogens is 1460 g/mol. The molecule has 0 aromatic rings. The van der Waals surface area contributed by atoms with Gasteiger partial charge in [0.15, 0.2) is 0 Å². The van der Waals surface area contributed by atoms with Crippen LogP contribution in [0, 0.1) is 0 Å². The third kappa shape index (κ3) is 98.8. The molecule has 30 nitrogen and oxygen atoms in total. The van der Waals surface area contributed by atoms with Crippen molar-refractivity contribution in [2.24, 2.45) is 0 Å². The monoisotopic (exact) mass is 1600 g/mol. The number of likely N-dealkylation sites (tertiary alicyclic amines) is 2. The van der Waals surface area contributed by atoms with Crippen LogP contribution >= 0.6 is 15.9 Å². The molecule has 3 saturated heterocycles. The van der Waals surface area contributed by atoms with E-state index in [-0.39, 0.29) is 148 Å². The topological polar surface area (TPSA) is 324 Å². The van der Waals surface area contributed by atoms with Gasteiger partial charge in [0.25, 0.3) is 6.47 Å². The zero-order valence-electron chi connectivity index (χ0n) is 65.2. The van der Waals surface area contributed by atoms with E-state index in [1.165, 1.54) is 97.1 Å². The van der Waals surface area contributed by atoms with Gasteiger partial charge in [0.05, 0.1) is 257 Å². The van der Waals surface area contributed by atoms with Gasteiger partial charge in [-0.1, -0.05) is 35.2 Å². The smallest absolute Gasteiger partial charge is 1.00 e. The van der Waals surface area contributed by atoms with E-state index in [2.05, 4.69) is 35.9 Å². The van der Waals surface area contributed by atoms with Gasteiger partial charge in [-0.3, -0.25) is 19.2 Å². The number of carboxylic acids is 1. The average Bonchev–Trinajstić information content (AvgIpc) is 1.15. The number of halogens is 1. The molecule has 0 aromatic carbocycles. The van der Waals surface area contributed by atoms with Gasteiger partial charge in [-0.25, -0.2) is 0 Å². The van der Waals surface area contributed by atoms with Crippen LogP contribution in [0.4, 0.5) is 0 Å². The van der Waals surface area contributed by atoms with Gasteiger partial charge in [-0.15, -0.1) is 0 Å². The summed E-state index contributed by atoms with van der Waals surface area (Å²) >= 11 is 3.29. The number of aliphatic carboxylic acids is 1. The van der Waals surface area contributed by atoms with E-state index in [0.29, 0.717) is 218 Å².